The Morgan fingerprint density at radius 3 is 1.06 bits per heavy atom. The third-order valence-electron chi connectivity index (χ3n) is 21.2. The van der Waals surface area contributed by atoms with E-state index in [0.717, 1.165) is 109 Å². The summed E-state index contributed by atoms with van der Waals surface area (Å²) >= 11 is 18.5. The Hall–Kier alpha value is -8.09. The van der Waals surface area contributed by atoms with E-state index >= 15 is 0 Å². The molecule has 0 saturated carbocycles. The van der Waals surface area contributed by atoms with Crippen LogP contribution in [0, 0.1) is 0 Å². The molecule has 13 heteroatoms. The van der Waals surface area contributed by atoms with E-state index < -0.39 is 0 Å². The summed E-state index contributed by atoms with van der Waals surface area (Å²) in [5, 5.41) is 21.1. The lowest BCUT2D eigenvalue weighted by Crippen LogP contribution is -2.30. The Morgan fingerprint density at radius 2 is 0.689 bits per heavy atom. The van der Waals surface area contributed by atoms with E-state index in [0.29, 0.717) is 13.1 Å². The summed E-state index contributed by atoms with van der Waals surface area (Å²) in [6.45, 7) is 22.5. The van der Waals surface area contributed by atoms with Gasteiger partial charge in [-0.25, -0.2) is 0 Å². The average Bonchev–Trinajstić information content (AvgIpc) is 0.805. The molecule has 106 heavy (non-hydrogen) atoms. The second-order valence-corrected chi connectivity index (χ2v) is 30.1. The Bertz CT molecular complexity index is 4210. The number of aliphatic hydroxyl groups is 2. The molecule has 1 aliphatic carbocycles. The van der Waals surface area contributed by atoms with E-state index in [-0.39, 0.29) is 36.6 Å². The van der Waals surface area contributed by atoms with E-state index in [9.17, 15) is 19.8 Å². The Kier molecular flexibility index (Phi) is 30.9. The average molecular weight is 1490 g/mol. The van der Waals surface area contributed by atoms with Gasteiger partial charge in [0.15, 0.2) is 11.6 Å². The predicted molar refractivity (Wildman–Crippen MR) is 448 cm³/mol. The molecule has 0 amide bonds. The third-order valence-corrected chi connectivity index (χ3v) is 21.9. The topological polar surface area (TPSA) is 100 Å². The summed E-state index contributed by atoms with van der Waals surface area (Å²) in [5.74, 6) is 1.58. The number of hydrogen-bond acceptors (Lipinski definition) is 10. The maximum atomic E-state index is 11.3. The van der Waals surface area contributed by atoms with Gasteiger partial charge in [0.2, 0.25) is 0 Å². The second kappa shape index (κ2) is 40.7. The number of aliphatic hydroxyl groups excluding tert-OH is 2. The fraction of sp³-hybridized carbons (Fsp3) is 0.398. The van der Waals surface area contributed by atoms with Gasteiger partial charge < -0.3 is 39.4 Å². The van der Waals surface area contributed by atoms with Crippen LogP contribution in [0.3, 0.4) is 0 Å². The van der Waals surface area contributed by atoms with Crippen LogP contribution in [0.25, 0.3) is 0 Å². The van der Waals surface area contributed by atoms with E-state index in [1.54, 1.807) is 21.0 Å². The molecule has 0 fully saturated rings. The smallest absolute Gasteiger partial charge is 0.159 e. The van der Waals surface area contributed by atoms with Crippen LogP contribution < -0.4 is 29.2 Å². The molecule has 14 rings (SSSR count). The number of benzene rings is 9. The zero-order valence-electron chi connectivity index (χ0n) is 63.8. The van der Waals surface area contributed by atoms with Crippen molar-refractivity contribution in [3.8, 4) is 5.75 Å². The van der Waals surface area contributed by atoms with Gasteiger partial charge in [0.25, 0.3) is 0 Å². The van der Waals surface area contributed by atoms with Crippen LogP contribution in [0.4, 0.5) is 28.4 Å². The molecule has 0 bridgehead atoms. The molecule has 9 aromatic carbocycles. The first-order chi connectivity index (χ1) is 51.6. The number of hydrogen-bond donors (Lipinski definition) is 2. The SMILES string of the molecule is CC(=O)c1ccc2c(c1)CCCC2.CCCN1CCCc2cc(C(C)=O)ccc21.CCCN1CCCc2cc(C(c3ccc(Cl)cc3)c3ccc(Cl)cc3)ccc21.CCCN1CCCc2cc(C(c3ccc(Cl)cc3)c3ccc(N(CCO)CCO)cc3)ccc21.CCCN1CCCc2cc(OC)ccc21. The largest absolute Gasteiger partial charge is 0.497 e. The van der Waals surface area contributed by atoms with Crippen LogP contribution in [0.1, 0.15) is 205 Å². The molecule has 0 spiro atoms. The molecule has 5 aliphatic rings. The van der Waals surface area contributed by atoms with Crippen LogP contribution in [-0.4, -0.2) is 108 Å². The number of nitrogens with zero attached hydrogens (tertiary/aromatic N) is 5. The Labute approximate surface area is 648 Å². The number of fused-ring (bicyclic) bond motifs is 5. The minimum absolute atomic E-state index is 0.0549. The number of Topliss-reactive ketones (excluding diaryl/α,β-unsaturated/α-hetero) is 2. The van der Waals surface area contributed by atoms with Crippen molar-refractivity contribution < 1.29 is 24.5 Å². The summed E-state index contributed by atoms with van der Waals surface area (Å²) in [7, 11) is 1.73. The Balaban J connectivity index is 0.000000149. The highest BCUT2D eigenvalue weighted by Gasteiger charge is 2.26. The van der Waals surface area contributed by atoms with Crippen molar-refractivity contribution in [2.24, 2.45) is 0 Å². The highest BCUT2D eigenvalue weighted by Crippen LogP contribution is 2.41. The van der Waals surface area contributed by atoms with Gasteiger partial charge in [0.05, 0.1) is 20.3 Å². The normalized spacial score (nSPS) is 14.3. The molecule has 0 saturated heterocycles. The summed E-state index contributed by atoms with van der Waals surface area (Å²) in [6, 6.07) is 65.8. The zero-order valence-corrected chi connectivity index (χ0v) is 66.1. The molecule has 9 aromatic rings. The minimum atomic E-state index is 0.0549. The van der Waals surface area contributed by atoms with Crippen LogP contribution in [0.5, 0.6) is 5.75 Å². The number of aryl methyl sites for hydroxylation is 6. The van der Waals surface area contributed by atoms with Crippen LogP contribution in [0.15, 0.2) is 188 Å². The maximum Gasteiger partial charge on any atom is 0.159 e. The van der Waals surface area contributed by atoms with Gasteiger partial charge in [-0.1, -0.05) is 147 Å². The number of rotatable bonds is 22. The van der Waals surface area contributed by atoms with Crippen LogP contribution in [-0.2, 0) is 38.5 Å². The predicted octanol–water partition coefficient (Wildman–Crippen LogP) is 21.5. The van der Waals surface area contributed by atoms with Gasteiger partial charge in [-0.05, 0) is 286 Å². The maximum absolute atomic E-state index is 11.3. The molecule has 10 nitrogen and oxygen atoms in total. The number of carbonyl (C=O) groups excluding carboxylic acids is 2. The standard InChI is InChI=1S/C29H35ClN2O2.C25H25Cl2N.C14H19NO.C13H19NO.C12H14O/c1-2-15-32-16-3-4-24-21-25(9-14-28(24)32)29(22-5-10-26(30)11-6-22)23-7-12-27(13-8-23)31(17-19-33)18-20-34;1-2-15-28-16-3-4-20-17-21(9-14-24(20)28)25(18-5-10-22(26)11-6-18)19-7-12-23(27)13-8-19;1-3-8-15-9-4-5-13-10-12(11(2)16)6-7-14(13)15;1-3-8-14-9-4-5-11-10-12(15-2)6-7-13(11)14;1-9(13)11-7-6-10-4-2-3-5-12(10)8-11/h5-14,21,29,33-34H,2-4,15-20H2,1H3;5-14,17,25H,2-4,15-16H2,1H3;6-7,10H,3-5,8-9H2,1-2H3;6-7,10H,3-5,8-9H2,1-2H3;6-8H,2-5H2,1H3. The zero-order chi connectivity index (χ0) is 74.9. The number of halogens is 3. The van der Waals surface area contributed by atoms with Crippen molar-refractivity contribution in [2.45, 2.75) is 156 Å². The van der Waals surface area contributed by atoms with Gasteiger partial charge in [-0.15, -0.1) is 0 Å². The minimum Gasteiger partial charge on any atom is -0.497 e. The first kappa shape index (κ1) is 80.5. The molecule has 0 aromatic heterocycles. The second-order valence-electron chi connectivity index (χ2n) is 28.8. The summed E-state index contributed by atoms with van der Waals surface area (Å²) in [5.41, 5.74) is 24.3. The molecule has 1 unspecified atom stereocenters. The highest BCUT2D eigenvalue weighted by molar-refractivity contribution is 6.31. The summed E-state index contributed by atoms with van der Waals surface area (Å²) in [6.07, 6.45) is 19.1. The lowest BCUT2D eigenvalue weighted by Gasteiger charge is -2.32. The van der Waals surface area contributed by atoms with E-state index in [2.05, 4.69) is 187 Å². The molecular weight excluding hydrogens is 1370 g/mol. The molecule has 4 aliphatic heterocycles. The fourth-order valence-electron chi connectivity index (χ4n) is 16.0. The molecule has 560 valence electrons. The van der Waals surface area contributed by atoms with Crippen molar-refractivity contribution in [2.75, 3.05) is 110 Å². The lowest BCUT2D eigenvalue weighted by atomic mass is 9.83. The van der Waals surface area contributed by atoms with E-state index in [1.165, 1.54) is 173 Å². The fourth-order valence-corrected chi connectivity index (χ4v) is 16.4. The monoisotopic (exact) mass is 1480 g/mol. The number of anilines is 5. The van der Waals surface area contributed by atoms with Crippen molar-refractivity contribution in [1.82, 2.24) is 0 Å². The highest BCUT2D eigenvalue weighted by atomic mass is 35.5. The quantitative estimate of drug-likeness (QED) is 0.0504. The van der Waals surface area contributed by atoms with Crippen molar-refractivity contribution in [3.05, 3.63) is 281 Å². The van der Waals surface area contributed by atoms with Crippen molar-refractivity contribution >= 4 is 74.8 Å². The first-order valence-electron chi connectivity index (χ1n) is 39.2. The van der Waals surface area contributed by atoms with Crippen LogP contribution >= 0.6 is 34.8 Å². The van der Waals surface area contributed by atoms with E-state index in [1.807, 2.05) is 53.4 Å². The van der Waals surface area contributed by atoms with Gasteiger partial charge in [0.1, 0.15) is 5.75 Å². The van der Waals surface area contributed by atoms with Crippen molar-refractivity contribution in [3.63, 3.8) is 0 Å². The number of carbonyl (C=O) groups is 2. The number of methoxy groups -OCH3 is 1. The molecule has 2 N–H and O–H groups in total. The van der Waals surface area contributed by atoms with Crippen molar-refractivity contribution in [1.29, 1.82) is 0 Å². The van der Waals surface area contributed by atoms with E-state index in [4.69, 9.17) is 39.5 Å². The third kappa shape index (κ3) is 21.6. The molecular formula is C93H112Cl3N5O5. The summed E-state index contributed by atoms with van der Waals surface area (Å²) in [4.78, 5) is 34.4. The molecule has 0 radical (unpaired) electrons. The first-order valence-corrected chi connectivity index (χ1v) is 40.3. The molecule has 1 atom stereocenters. The molecule has 4 heterocycles. The van der Waals surface area contributed by atoms with Gasteiger partial charge in [-0.3, -0.25) is 9.59 Å². The van der Waals surface area contributed by atoms with Gasteiger partial charge in [-0.2, -0.15) is 0 Å². The van der Waals surface area contributed by atoms with Crippen LogP contribution in [0.2, 0.25) is 15.1 Å². The Morgan fingerprint density at radius 1 is 0.377 bits per heavy atom. The number of ketones is 2. The van der Waals surface area contributed by atoms with Gasteiger partial charge >= 0.3 is 0 Å². The summed E-state index contributed by atoms with van der Waals surface area (Å²) < 4.78 is 5.26. The number of ether oxygens (including phenoxy) is 1. The van der Waals surface area contributed by atoms with Gasteiger partial charge in [0, 0.05) is 132 Å². The lowest BCUT2D eigenvalue weighted by molar-refractivity contribution is 0.100.